The van der Waals surface area contributed by atoms with E-state index in [0.717, 1.165) is 61.0 Å². The van der Waals surface area contributed by atoms with Gasteiger partial charge in [0.05, 0.1) is 21.2 Å². The Morgan fingerprint density at radius 3 is 2.64 bits per heavy atom. The Balaban J connectivity index is 1.25. The number of aromatic nitrogens is 2. The standard InChI is InChI=1S/C28H29F3N6O3S2/c1-2-15-9-18(37-14-16-10-19(37)12-32-16)5-6-21(15)34-27-33-13-20(28(29,30)31)24(35-27)22-11-23-25(41-22)26(38)36(17-3-4-17)7-8-42(23,39)40/h5-6,9,11,13,16-17,19,32H,2-4,7-8,10,12,14H2,1H3,(H,33,34,35)/t16-,19-/m1/s1. The van der Waals surface area contributed by atoms with E-state index in [1.54, 1.807) is 0 Å². The van der Waals surface area contributed by atoms with Gasteiger partial charge in [-0.2, -0.15) is 13.2 Å². The van der Waals surface area contributed by atoms with Crippen LogP contribution in [0.1, 0.15) is 47.0 Å². The van der Waals surface area contributed by atoms with Crippen LogP contribution in [0.5, 0.6) is 0 Å². The molecule has 3 fully saturated rings. The number of thiophene rings is 1. The zero-order valence-electron chi connectivity index (χ0n) is 22.7. The summed E-state index contributed by atoms with van der Waals surface area (Å²) in [7, 11) is -3.87. The van der Waals surface area contributed by atoms with Gasteiger partial charge < -0.3 is 20.4 Å². The van der Waals surface area contributed by atoms with Crippen molar-refractivity contribution in [2.45, 2.75) is 61.8 Å². The molecule has 0 spiro atoms. The van der Waals surface area contributed by atoms with Gasteiger partial charge in [0, 0.05) is 55.3 Å². The number of anilines is 3. The Kier molecular flexibility index (Phi) is 6.51. The zero-order valence-corrected chi connectivity index (χ0v) is 24.4. The maximum Gasteiger partial charge on any atom is 0.420 e. The number of halogens is 3. The average molecular weight is 619 g/mol. The van der Waals surface area contributed by atoms with Crippen molar-refractivity contribution >= 4 is 44.4 Å². The van der Waals surface area contributed by atoms with E-state index in [4.69, 9.17) is 0 Å². The Labute approximate surface area is 245 Å². The summed E-state index contributed by atoms with van der Waals surface area (Å²) in [5.41, 5.74) is 1.18. The van der Waals surface area contributed by atoms with Crippen LogP contribution in [-0.4, -0.2) is 72.7 Å². The number of amides is 1. The summed E-state index contributed by atoms with van der Waals surface area (Å²) in [5, 5.41) is 6.58. The minimum Gasteiger partial charge on any atom is -0.366 e. The molecule has 222 valence electrons. The largest absolute Gasteiger partial charge is 0.420 e. The van der Waals surface area contributed by atoms with Gasteiger partial charge in [0.25, 0.3) is 5.91 Å². The normalized spacial score (nSPS) is 23.3. The summed E-state index contributed by atoms with van der Waals surface area (Å²) in [4.78, 5) is 25.1. The average Bonchev–Trinajstić information content (AvgIpc) is 3.36. The number of carbonyl (C=O) groups is 1. The van der Waals surface area contributed by atoms with Crippen LogP contribution in [0.3, 0.4) is 0 Å². The van der Waals surface area contributed by atoms with Gasteiger partial charge in [-0.1, -0.05) is 6.92 Å². The molecular weight excluding hydrogens is 589 g/mol. The van der Waals surface area contributed by atoms with E-state index < -0.39 is 33.2 Å². The molecule has 2 atom stereocenters. The number of aryl methyl sites for hydroxylation is 1. The molecule has 1 amide bonds. The summed E-state index contributed by atoms with van der Waals surface area (Å²) in [6, 6.07) is 8.05. The van der Waals surface area contributed by atoms with Crippen LogP contribution in [0.15, 0.2) is 35.4 Å². The van der Waals surface area contributed by atoms with Crippen molar-refractivity contribution in [3.8, 4) is 10.6 Å². The molecule has 0 unspecified atom stereocenters. The molecule has 42 heavy (non-hydrogen) atoms. The number of rotatable bonds is 6. The van der Waals surface area contributed by atoms with Gasteiger partial charge in [-0.05, 0) is 55.5 Å². The summed E-state index contributed by atoms with van der Waals surface area (Å²) < 4.78 is 68.5. The Morgan fingerprint density at radius 2 is 1.98 bits per heavy atom. The summed E-state index contributed by atoms with van der Waals surface area (Å²) >= 11 is 0.737. The van der Waals surface area contributed by atoms with E-state index in [2.05, 4.69) is 31.6 Å². The zero-order chi connectivity index (χ0) is 29.4. The van der Waals surface area contributed by atoms with Gasteiger partial charge in [-0.3, -0.25) is 4.79 Å². The number of benzene rings is 1. The molecule has 14 heteroatoms. The monoisotopic (exact) mass is 618 g/mol. The molecule has 1 saturated carbocycles. The number of sulfone groups is 1. The second-order valence-corrected chi connectivity index (χ2v) is 14.4. The Morgan fingerprint density at radius 1 is 1.17 bits per heavy atom. The number of piperazine rings is 1. The van der Waals surface area contributed by atoms with Crippen LogP contribution in [0, 0.1) is 0 Å². The SMILES string of the molecule is CCc1cc(N2C[C@H]3C[C@@H]2CN3)ccc1Nc1ncc(C(F)(F)F)c(-c2cc3c(s2)C(=O)N(C2CC2)CCS3(=O)=O)n1. The fourth-order valence-corrected chi connectivity index (χ4v) is 9.09. The minimum atomic E-state index is -4.79. The highest BCUT2D eigenvalue weighted by Gasteiger charge is 2.42. The van der Waals surface area contributed by atoms with Crippen molar-refractivity contribution in [1.29, 1.82) is 0 Å². The third kappa shape index (κ3) is 4.82. The first-order chi connectivity index (χ1) is 20.0. The van der Waals surface area contributed by atoms with Gasteiger partial charge >= 0.3 is 6.18 Å². The number of nitrogens with one attached hydrogen (secondary N) is 2. The molecule has 2 N–H and O–H groups in total. The van der Waals surface area contributed by atoms with Gasteiger partial charge in [-0.15, -0.1) is 11.3 Å². The maximum atomic E-state index is 14.1. The van der Waals surface area contributed by atoms with Gasteiger partial charge in [0.2, 0.25) is 5.95 Å². The highest BCUT2D eigenvalue weighted by atomic mass is 32.2. The third-order valence-electron chi connectivity index (χ3n) is 8.51. The third-order valence-corrected chi connectivity index (χ3v) is 11.5. The smallest absolute Gasteiger partial charge is 0.366 e. The van der Waals surface area contributed by atoms with Crippen molar-refractivity contribution in [2.24, 2.45) is 0 Å². The fourth-order valence-electron chi connectivity index (χ4n) is 6.17. The van der Waals surface area contributed by atoms with E-state index in [9.17, 15) is 26.4 Å². The predicted molar refractivity (Wildman–Crippen MR) is 153 cm³/mol. The predicted octanol–water partition coefficient (Wildman–Crippen LogP) is 4.47. The van der Waals surface area contributed by atoms with Crippen LogP contribution in [-0.2, 0) is 22.4 Å². The lowest BCUT2D eigenvalue weighted by Crippen LogP contribution is -2.43. The van der Waals surface area contributed by atoms with Crippen LogP contribution in [0.2, 0.25) is 0 Å². The molecule has 4 aliphatic rings. The molecule has 7 rings (SSSR count). The molecule has 3 aliphatic heterocycles. The van der Waals surface area contributed by atoms with Crippen LogP contribution < -0.4 is 15.5 Å². The first-order valence-corrected chi connectivity index (χ1v) is 16.5. The lowest BCUT2D eigenvalue weighted by Gasteiger charge is -2.30. The van der Waals surface area contributed by atoms with Crippen LogP contribution >= 0.6 is 11.3 Å². The first-order valence-electron chi connectivity index (χ1n) is 14.0. The number of nitrogens with zero attached hydrogens (tertiary/aromatic N) is 4. The van der Waals surface area contributed by atoms with Gasteiger partial charge in [0.15, 0.2) is 9.84 Å². The van der Waals surface area contributed by atoms with E-state index in [-0.39, 0.29) is 38.9 Å². The molecule has 3 aromatic rings. The Hall–Kier alpha value is -3.23. The number of hydrogen-bond donors (Lipinski definition) is 2. The van der Waals surface area contributed by atoms with Crippen molar-refractivity contribution < 1.29 is 26.4 Å². The van der Waals surface area contributed by atoms with E-state index in [1.807, 2.05) is 19.1 Å². The van der Waals surface area contributed by atoms with Crippen LogP contribution in [0.25, 0.3) is 10.6 Å². The van der Waals surface area contributed by atoms with E-state index >= 15 is 0 Å². The fraction of sp³-hybridized carbons (Fsp3) is 0.464. The molecule has 2 saturated heterocycles. The minimum absolute atomic E-state index is 0.0266. The van der Waals surface area contributed by atoms with Crippen molar-refractivity contribution in [2.75, 3.05) is 35.6 Å². The van der Waals surface area contributed by atoms with E-state index in [0.29, 0.717) is 30.4 Å². The second-order valence-electron chi connectivity index (χ2n) is 11.3. The molecule has 2 bridgehead atoms. The lowest BCUT2D eigenvalue weighted by molar-refractivity contribution is -0.137. The number of fused-ring (bicyclic) bond motifs is 3. The molecule has 0 radical (unpaired) electrons. The molecule has 1 aliphatic carbocycles. The molecule has 1 aromatic carbocycles. The maximum absolute atomic E-state index is 14.1. The topological polar surface area (TPSA) is 108 Å². The summed E-state index contributed by atoms with van der Waals surface area (Å²) in [6.07, 6.45) is -0.722. The summed E-state index contributed by atoms with van der Waals surface area (Å²) in [5.74, 6) is -0.783. The van der Waals surface area contributed by atoms with E-state index in [1.165, 1.54) is 4.90 Å². The lowest BCUT2D eigenvalue weighted by atomic mass is 10.1. The molecular formula is C28H29F3N6O3S2. The molecule has 5 heterocycles. The molecule has 2 aromatic heterocycles. The van der Waals surface area contributed by atoms with Gasteiger partial charge in [-0.25, -0.2) is 18.4 Å². The first kappa shape index (κ1) is 27.6. The number of carbonyl (C=O) groups excluding carboxylic acids is 1. The van der Waals surface area contributed by atoms with Crippen molar-refractivity contribution in [3.05, 3.63) is 46.5 Å². The quantitative estimate of drug-likeness (QED) is 0.417. The number of alkyl halides is 3. The second kappa shape index (κ2) is 9.91. The van der Waals surface area contributed by atoms with Crippen molar-refractivity contribution in [3.63, 3.8) is 0 Å². The van der Waals surface area contributed by atoms with Crippen molar-refractivity contribution in [1.82, 2.24) is 20.2 Å². The Bertz CT molecular complexity index is 1690. The summed E-state index contributed by atoms with van der Waals surface area (Å²) in [6.45, 7) is 3.97. The number of hydrogen-bond acceptors (Lipinski definition) is 9. The molecule has 9 nitrogen and oxygen atoms in total. The van der Waals surface area contributed by atoms with Crippen LogP contribution in [0.4, 0.5) is 30.5 Å². The van der Waals surface area contributed by atoms with Gasteiger partial charge in [0.1, 0.15) is 10.4 Å². The highest BCUT2D eigenvalue weighted by Crippen LogP contribution is 2.43. The highest BCUT2D eigenvalue weighted by molar-refractivity contribution is 7.91.